The summed E-state index contributed by atoms with van der Waals surface area (Å²) < 4.78 is 28.9. The molecule has 0 radical (unpaired) electrons. The summed E-state index contributed by atoms with van der Waals surface area (Å²) in [6, 6.07) is 21.0. The first kappa shape index (κ1) is 23.4. The van der Waals surface area contributed by atoms with Crippen molar-refractivity contribution in [2.24, 2.45) is 0 Å². The molecule has 4 nitrogen and oxygen atoms in total. The van der Waals surface area contributed by atoms with E-state index in [0.717, 1.165) is 67.5 Å². The Kier molecular flexibility index (Phi) is 7.00. The molecular formula is C29H29F2N3O. The molecule has 1 aliphatic rings. The van der Waals surface area contributed by atoms with Crippen molar-refractivity contribution in [2.75, 3.05) is 19.6 Å². The highest BCUT2D eigenvalue weighted by Gasteiger charge is 2.23. The van der Waals surface area contributed by atoms with Gasteiger partial charge in [0.1, 0.15) is 11.6 Å². The third kappa shape index (κ3) is 5.33. The van der Waals surface area contributed by atoms with E-state index in [4.69, 9.17) is 5.10 Å². The zero-order valence-electron chi connectivity index (χ0n) is 19.7. The van der Waals surface area contributed by atoms with Gasteiger partial charge in [0.15, 0.2) is 0 Å². The van der Waals surface area contributed by atoms with Crippen molar-refractivity contribution in [1.82, 2.24) is 14.7 Å². The Morgan fingerprint density at radius 1 is 0.857 bits per heavy atom. The largest absolute Gasteiger partial charge is 0.303 e. The standard InChI is InChI=1S/C29H29F2N3O/c30-23-13-11-21(12-14-23)20-28-25-8-2-3-9-26(25)29(35)34(32-28)24-15-18-33(19-16-24)17-5-7-22-6-1-4-10-27(22)31/h1-4,6,8-14,24H,5,7,15-20H2. The minimum Gasteiger partial charge on any atom is -0.303 e. The number of piperidine rings is 1. The summed E-state index contributed by atoms with van der Waals surface area (Å²) >= 11 is 0. The Bertz CT molecular complexity index is 1360. The zero-order chi connectivity index (χ0) is 24.2. The van der Waals surface area contributed by atoms with Crippen LogP contribution in [-0.2, 0) is 12.8 Å². The van der Waals surface area contributed by atoms with Crippen molar-refractivity contribution in [2.45, 2.75) is 38.1 Å². The van der Waals surface area contributed by atoms with Gasteiger partial charge in [-0.2, -0.15) is 5.10 Å². The number of likely N-dealkylation sites (tertiary alicyclic amines) is 1. The van der Waals surface area contributed by atoms with Gasteiger partial charge in [-0.25, -0.2) is 13.5 Å². The number of benzene rings is 3. The summed E-state index contributed by atoms with van der Waals surface area (Å²) in [4.78, 5) is 15.7. The van der Waals surface area contributed by atoms with E-state index >= 15 is 0 Å². The normalized spacial score (nSPS) is 15.0. The summed E-state index contributed by atoms with van der Waals surface area (Å²) in [7, 11) is 0. The van der Waals surface area contributed by atoms with E-state index in [1.807, 2.05) is 36.4 Å². The van der Waals surface area contributed by atoms with Crippen LogP contribution in [-0.4, -0.2) is 34.3 Å². The van der Waals surface area contributed by atoms with E-state index in [1.54, 1.807) is 22.9 Å². The van der Waals surface area contributed by atoms with Crippen molar-refractivity contribution in [3.63, 3.8) is 0 Å². The van der Waals surface area contributed by atoms with Gasteiger partial charge in [-0.1, -0.05) is 48.5 Å². The van der Waals surface area contributed by atoms with Gasteiger partial charge in [0.2, 0.25) is 0 Å². The number of hydrogen-bond donors (Lipinski definition) is 0. The van der Waals surface area contributed by atoms with Crippen LogP contribution in [0.1, 0.15) is 42.1 Å². The fraction of sp³-hybridized carbons (Fsp3) is 0.310. The van der Waals surface area contributed by atoms with E-state index < -0.39 is 0 Å². The molecule has 1 aliphatic heterocycles. The van der Waals surface area contributed by atoms with Gasteiger partial charge in [-0.15, -0.1) is 0 Å². The van der Waals surface area contributed by atoms with Crippen molar-refractivity contribution in [1.29, 1.82) is 0 Å². The van der Waals surface area contributed by atoms with Crippen LogP contribution in [0.3, 0.4) is 0 Å². The Hall–Kier alpha value is -3.38. The molecule has 1 fully saturated rings. The number of hydrogen-bond acceptors (Lipinski definition) is 3. The Balaban J connectivity index is 1.29. The van der Waals surface area contributed by atoms with Crippen LogP contribution < -0.4 is 5.56 Å². The summed E-state index contributed by atoms with van der Waals surface area (Å²) in [6.07, 6.45) is 3.87. The van der Waals surface area contributed by atoms with Crippen LogP contribution in [0, 0.1) is 11.6 Å². The first-order valence-corrected chi connectivity index (χ1v) is 12.3. The second kappa shape index (κ2) is 10.5. The molecule has 0 bridgehead atoms. The monoisotopic (exact) mass is 473 g/mol. The SMILES string of the molecule is O=c1c2ccccc2c(Cc2ccc(F)cc2)nn1C1CCN(CCCc2ccccc2F)CC1. The summed E-state index contributed by atoms with van der Waals surface area (Å²) in [5.41, 5.74) is 2.50. The summed E-state index contributed by atoms with van der Waals surface area (Å²) in [5.74, 6) is -0.401. The van der Waals surface area contributed by atoms with Crippen molar-refractivity contribution in [3.05, 3.63) is 112 Å². The predicted octanol–water partition coefficient (Wildman–Crippen LogP) is 5.54. The molecule has 1 saturated heterocycles. The van der Waals surface area contributed by atoms with Crippen LogP contribution in [0.4, 0.5) is 8.78 Å². The second-order valence-corrected chi connectivity index (χ2v) is 9.31. The molecule has 0 unspecified atom stereocenters. The zero-order valence-corrected chi connectivity index (χ0v) is 19.7. The van der Waals surface area contributed by atoms with Gasteiger partial charge in [-0.3, -0.25) is 4.79 Å². The van der Waals surface area contributed by atoms with Gasteiger partial charge in [0.05, 0.1) is 17.1 Å². The van der Waals surface area contributed by atoms with Gasteiger partial charge >= 0.3 is 0 Å². The maximum Gasteiger partial charge on any atom is 0.274 e. The molecule has 4 aromatic rings. The molecule has 0 amide bonds. The molecule has 0 N–H and O–H groups in total. The third-order valence-corrected chi connectivity index (χ3v) is 6.97. The fourth-order valence-corrected chi connectivity index (χ4v) is 5.03. The lowest BCUT2D eigenvalue weighted by atomic mass is 10.0. The highest BCUT2D eigenvalue weighted by Crippen LogP contribution is 2.24. The highest BCUT2D eigenvalue weighted by atomic mass is 19.1. The van der Waals surface area contributed by atoms with Crippen LogP contribution in [0.25, 0.3) is 10.8 Å². The molecule has 0 aliphatic carbocycles. The lowest BCUT2D eigenvalue weighted by Gasteiger charge is -2.32. The van der Waals surface area contributed by atoms with Crippen LogP contribution in [0.5, 0.6) is 0 Å². The first-order chi connectivity index (χ1) is 17.1. The third-order valence-electron chi connectivity index (χ3n) is 6.97. The molecular weight excluding hydrogens is 444 g/mol. The maximum absolute atomic E-state index is 13.9. The maximum atomic E-state index is 13.9. The van der Waals surface area contributed by atoms with E-state index in [9.17, 15) is 13.6 Å². The highest BCUT2D eigenvalue weighted by molar-refractivity contribution is 5.83. The molecule has 6 heteroatoms. The minimum atomic E-state index is -0.266. The van der Waals surface area contributed by atoms with Crippen LogP contribution >= 0.6 is 0 Å². The Morgan fingerprint density at radius 2 is 1.54 bits per heavy atom. The van der Waals surface area contributed by atoms with Crippen molar-refractivity contribution >= 4 is 10.8 Å². The van der Waals surface area contributed by atoms with Crippen LogP contribution in [0.2, 0.25) is 0 Å². The van der Waals surface area contributed by atoms with Crippen LogP contribution in [0.15, 0.2) is 77.6 Å². The number of fused-ring (bicyclic) bond motifs is 1. The minimum absolute atomic E-state index is 0.0434. The number of nitrogens with zero attached hydrogens (tertiary/aromatic N) is 3. The van der Waals surface area contributed by atoms with Crippen molar-refractivity contribution in [3.8, 4) is 0 Å². The van der Waals surface area contributed by atoms with E-state index in [1.165, 1.54) is 18.2 Å². The lowest BCUT2D eigenvalue weighted by Crippen LogP contribution is -2.39. The number of rotatable bonds is 7. The van der Waals surface area contributed by atoms with Crippen molar-refractivity contribution < 1.29 is 8.78 Å². The van der Waals surface area contributed by atoms with E-state index in [2.05, 4.69) is 4.90 Å². The molecule has 3 aromatic carbocycles. The average molecular weight is 474 g/mol. The molecule has 180 valence electrons. The van der Waals surface area contributed by atoms with Gasteiger partial charge in [-0.05, 0) is 67.6 Å². The van der Waals surface area contributed by atoms with E-state index in [0.29, 0.717) is 11.8 Å². The number of aryl methyl sites for hydroxylation is 1. The quantitative estimate of drug-likeness (QED) is 0.354. The fourth-order valence-electron chi connectivity index (χ4n) is 5.03. The number of aromatic nitrogens is 2. The molecule has 35 heavy (non-hydrogen) atoms. The molecule has 0 saturated carbocycles. The first-order valence-electron chi connectivity index (χ1n) is 12.3. The average Bonchev–Trinajstić information content (AvgIpc) is 2.89. The Morgan fingerprint density at radius 3 is 2.29 bits per heavy atom. The van der Waals surface area contributed by atoms with E-state index in [-0.39, 0.29) is 23.2 Å². The molecule has 5 rings (SSSR count). The van der Waals surface area contributed by atoms with Gasteiger partial charge < -0.3 is 4.90 Å². The summed E-state index contributed by atoms with van der Waals surface area (Å²) in [5, 5.41) is 6.35. The topological polar surface area (TPSA) is 38.1 Å². The summed E-state index contributed by atoms with van der Waals surface area (Å²) in [6.45, 7) is 2.68. The molecule has 0 spiro atoms. The molecule has 1 aromatic heterocycles. The lowest BCUT2D eigenvalue weighted by molar-refractivity contribution is 0.175. The van der Waals surface area contributed by atoms with Gasteiger partial charge in [0, 0.05) is 24.9 Å². The smallest absolute Gasteiger partial charge is 0.274 e. The number of halogens is 2. The molecule has 0 atom stereocenters. The second-order valence-electron chi connectivity index (χ2n) is 9.31. The predicted molar refractivity (Wildman–Crippen MR) is 135 cm³/mol. The molecule has 2 heterocycles. The Labute approximate surface area is 203 Å². The van der Waals surface area contributed by atoms with Gasteiger partial charge in [0.25, 0.3) is 5.56 Å².